The van der Waals surface area contributed by atoms with Crippen LogP contribution < -0.4 is 5.32 Å². The van der Waals surface area contributed by atoms with Crippen LogP contribution in [-0.2, 0) is 4.79 Å². The van der Waals surface area contributed by atoms with Gasteiger partial charge in [0.05, 0.1) is 0 Å². The second-order valence-corrected chi connectivity index (χ2v) is 4.82. The fourth-order valence-corrected chi connectivity index (χ4v) is 1.33. The monoisotopic (exact) mass is 268 g/mol. The summed E-state index contributed by atoms with van der Waals surface area (Å²) in [6.07, 6.45) is 0. The van der Waals surface area contributed by atoms with E-state index in [9.17, 15) is 14.0 Å². The third kappa shape index (κ3) is 3.21. The molecule has 0 fully saturated rings. The summed E-state index contributed by atoms with van der Waals surface area (Å²) in [6.45, 7) is 4.42. The van der Waals surface area contributed by atoms with Gasteiger partial charge in [0.15, 0.2) is 0 Å². The van der Waals surface area contributed by atoms with Crippen LogP contribution in [-0.4, -0.2) is 34.6 Å². The van der Waals surface area contributed by atoms with Crippen molar-refractivity contribution in [3.05, 3.63) is 29.6 Å². The van der Waals surface area contributed by atoms with E-state index in [2.05, 4.69) is 5.32 Å². The minimum Gasteiger partial charge on any atom is -0.480 e. The number of hydrogen-bond donors (Lipinski definition) is 2. The van der Waals surface area contributed by atoms with Crippen LogP contribution >= 0.6 is 0 Å². The van der Waals surface area contributed by atoms with Crippen LogP contribution in [0.25, 0.3) is 0 Å². The Bertz CT molecular complexity index is 515. The number of carbonyl (C=O) groups excluding carboxylic acids is 1. The Labute approximate surface area is 111 Å². The van der Waals surface area contributed by atoms with Gasteiger partial charge in [-0.15, -0.1) is 0 Å². The molecule has 0 spiro atoms. The molecule has 0 aromatic heterocycles. The highest BCUT2D eigenvalue weighted by Crippen LogP contribution is 2.17. The smallest absolute Gasteiger partial charge is 0.329 e. The Morgan fingerprint density at radius 2 is 1.95 bits per heavy atom. The molecule has 0 bridgehead atoms. The molecular formula is C13H17FN2O3. The molecule has 0 aliphatic rings. The highest BCUT2D eigenvalue weighted by molar-refractivity contribution is 5.93. The van der Waals surface area contributed by atoms with E-state index in [1.807, 2.05) is 0 Å². The number of nitrogens with one attached hydrogen (secondary N) is 1. The van der Waals surface area contributed by atoms with Crippen molar-refractivity contribution in [2.75, 3.05) is 12.4 Å². The lowest BCUT2D eigenvalue weighted by atomic mass is 10.1. The standard InChI is InChI=1S/C13H17FN2O3/c1-8-7-9(5-6-10(8)14)15-12(19)16(4)13(2,3)11(17)18/h5-7H,1-4H3,(H,15,19)(H,17,18). The van der Waals surface area contributed by atoms with Gasteiger partial charge in [0.1, 0.15) is 11.4 Å². The van der Waals surface area contributed by atoms with E-state index in [1.165, 1.54) is 39.1 Å². The highest BCUT2D eigenvalue weighted by Gasteiger charge is 2.35. The van der Waals surface area contributed by atoms with Crippen molar-refractivity contribution in [1.29, 1.82) is 0 Å². The SMILES string of the molecule is Cc1cc(NC(=O)N(C)C(C)(C)C(=O)O)ccc1F. The summed E-state index contributed by atoms with van der Waals surface area (Å²) in [5, 5.41) is 11.6. The van der Waals surface area contributed by atoms with Gasteiger partial charge in [-0.3, -0.25) is 0 Å². The van der Waals surface area contributed by atoms with Gasteiger partial charge in [0.25, 0.3) is 0 Å². The molecule has 19 heavy (non-hydrogen) atoms. The number of aliphatic carboxylic acids is 1. The average Bonchev–Trinajstić information content (AvgIpc) is 2.32. The summed E-state index contributed by atoms with van der Waals surface area (Å²) in [7, 11) is 1.39. The van der Waals surface area contributed by atoms with Crippen LogP contribution in [0, 0.1) is 12.7 Å². The molecule has 0 atom stereocenters. The van der Waals surface area contributed by atoms with Crippen molar-refractivity contribution in [2.45, 2.75) is 26.3 Å². The van der Waals surface area contributed by atoms with Crippen molar-refractivity contribution in [3.63, 3.8) is 0 Å². The summed E-state index contributed by atoms with van der Waals surface area (Å²) in [4.78, 5) is 24.0. The van der Waals surface area contributed by atoms with Crippen molar-refractivity contribution in [1.82, 2.24) is 4.90 Å². The number of carbonyl (C=O) groups is 2. The van der Waals surface area contributed by atoms with Gasteiger partial charge in [0, 0.05) is 12.7 Å². The zero-order chi connectivity index (χ0) is 14.8. The molecule has 104 valence electrons. The lowest BCUT2D eigenvalue weighted by molar-refractivity contribution is -0.146. The quantitative estimate of drug-likeness (QED) is 0.884. The number of urea groups is 1. The maximum Gasteiger partial charge on any atom is 0.329 e. The molecule has 1 aromatic carbocycles. The largest absolute Gasteiger partial charge is 0.480 e. The van der Waals surface area contributed by atoms with E-state index >= 15 is 0 Å². The molecule has 0 aliphatic heterocycles. The molecule has 1 rings (SSSR count). The molecule has 0 unspecified atom stereocenters. The predicted molar refractivity (Wildman–Crippen MR) is 69.6 cm³/mol. The molecular weight excluding hydrogens is 251 g/mol. The van der Waals surface area contributed by atoms with Crippen LogP contribution in [0.5, 0.6) is 0 Å². The fraction of sp³-hybridized carbons (Fsp3) is 0.385. The Kier molecular flexibility index (Phi) is 4.14. The number of benzene rings is 1. The number of hydrogen-bond acceptors (Lipinski definition) is 2. The van der Waals surface area contributed by atoms with E-state index in [1.54, 1.807) is 6.92 Å². The molecule has 2 amide bonds. The summed E-state index contributed by atoms with van der Waals surface area (Å²) >= 11 is 0. The average molecular weight is 268 g/mol. The molecule has 6 heteroatoms. The first-order valence-corrected chi connectivity index (χ1v) is 5.70. The number of aryl methyl sites for hydroxylation is 1. The Hall–Kier alpha value is -2.11. The number of nitrogens with zero attached hydrogens (tertiary/aromatic N) is 1. The molecule has 0 saturated carbocycles. The van der Waals surface area contributed by atoms with Crippen molar-refractivity contribution in [2.24, 2.45) is 0 Å². The van der Waals surface area contributed by atoms with Gasteiger partial charge < -0.3 is 15.3 Å². The van der Waals surface area contributed by atoms with Gasteiger partial charge in [-0.05, 0) is 44.5 Å². The van der Waals surface area contributed by atoms with E-state index < -0.39 is 17.5 Å². The number of carboxylic acids is 1. The minimum absolute atomic E-state index is 0.364. The van der Waals surface area contributed by atoms with E-state index in [0.29, 0.717) is 11.3 Å². The maximum atomic E-state index is 13.1. The number of halogens is 1. The third-order valence-electron chi connectivity index (χ3n) is 3.08. The second-order valence-electron chi connectivity index (χ2n) is 4.82. The van der Waals surface area contributed by atoms with Gasteiger partial charge in [-0.2, -0.15) is 0 Å². The summed E-state index contributed by atoms with van der Waals surface area (Å²) in [5.74, 6) is -1.47. The molecule has 5 nitrogen and oxygen atoms in total. The number of anilines is 1. The van der Waals surface area contributed by atoms with Crippen LogP contribution in [0.15, 0.2) is 18.2 Å². The number of amides is 2. The van der Waals surface area contributed by atoms with Gasteiger partial charge in [-0.25, -0.2) is 14.0 Å². The van der Waals surface area contributed by atoms with Crippen molar-refractivity contribution in [3.8, 4) is 0 Å². The fourth-order valence-electron chi connectivity index (χ4n) is 1.33. The summed E-state index contributed by atoms with van der Waals surface area (Å²) in [5.41, 5.74) is -0.519. The molecule has 0 radical (unpaired) electrons. The molecule has 1 aromatic rings. The van der Waals surface area contributed by atoms with E-state index in [-0.39, 0.29) is 5.82 Å². The van der Waals surface area contributed by atoms with Crippen LogP contribution in [0.2, 0.25) is 0 Å². The molecule has 0 aliphatic carbocycles. The van der Waals surface area contributed by atoms with Crippen molar-refractivity contribution >= 4 is 17.7 Å². The van der Waals surface area contributed by atoms with Crippen LogP contribution in [0.3, 0.4) is 0 Å². The molecule has 2 N–H and O–H groups in total. The third-order valence-corrected chi connectivity index (χ3v) is 3.08. The Morgan fingerprint density at radius 1 is 1.37 bits per heavy atom. The Morgan fingerprint density at radius 3 is 2.42 bits per heavy atom. The summed E-state index contributed by atoms with van der Waals surface area (Å²) in [6, 6.07) is 3.57. The van der Waals surface area contributed by atoms with E-state index in [0.717, 1.165) is 4.90 Å². The maximum absolute atomic E-state index is 13.1. The second kappa shape index (κ2) is 5.26. The summed E-state index contributed by atoms with van der Waals surface area (Å²) < 4.78 is 13.1. The van der Waals surface area contributed by atoms with E-state index in [4.69, 9.17) is 5.11 Å². The lowest BCUT2D eigenvalue weighted by Gasteiger charge is -2.31. The number of carboxylic acid groups (broad SMARTS) is 1. The normalized spacial score (nSPS) is 11.0. The van der Waals surface area contributed by atoms with Gasteiger partial charge >= 0.3 is 12.0 Å². The number of rotatable bonds is 3. The lowest BCUT2D eigenvalue weighted by Crippen LogP contribution is -2.52. The van der Waals surface area contributed by atoms with Crippen LogP contribution in [0.1, 0.15) is 19.4 Å². The first kappa shape index (κ1) is 14.9. The first-order valence-electron chi connectivity index (χ1n) is 5.70. The Balaban J connectivity index is 2.85. The zero-order valence-electron chi connectivity index (χ0n) is 11.3. The molecule has 0 saturated heterocycles. The highest BCUT2D eigenvalue weighted by atomic mass is 19.1. The molecule has 0 heterocycles. The van der Waals surface area contributed by atoms with Gasteiger partial charge in [0.2, 0.25) is 0 Å². The number of likely N-dealkylation sites (N-methyl/N-ethyl adjacent to an activating group) is 1. The predicted octanol–water partition coefficient (Wildman–Crippen LogP) is 2.46. The zero-order valence-corrected chi connectivity index (χ0v) is 11.3. The van der Waals surface area contributed by atoms with Crippen molar-refractivity contribution < 1.29 is 19.1 Å². The van der Waals surface area contributed by atoms with Crippen LogP contribution in [0.4, 0.5) is 14.9 Å². The minimum atomic E-state index is -1.33. The first-order chi connectivity index (χ1) is 8.66. The topological polar surface area (TPSA) is 69.6 Å². The van der Waals surface area contributed by atoms with Gasteiger partial charge in [-0.1, -0.05) is 0 Å².